The molecule has 0 aliphatic carbocycles. The molecule has 1 amide bonds. The minimum Gasteiger partial charge on any atom is -0.341 e. The fraction of sp³-hybridized carbons (Fsp3) is 0.304. The molecule has 0 saturated carbocycles. The average molecular weight is 361 g/mol. The highest BCUT2D eigenvalue weighted by Gasteiger charge is 2.30. The predicted octanol–water partition coefficient (Wildman–Crippen LogP) is 3.92. The van der Waals surface area contributed by atoms with Gasteiger partial charge >= 0.3 is 0 Å². The van der Waals surface area contributed by atoms with Gasteiger partial charge in [0.1, 0.15) is 0 Å². The average Bonchev–Trinajstić information content (AvgIpc) is 2.67. The lowest BCUT2D eigenvalue weighted by molar-refractivity contribution is -0.139. The van der Waals surface area contributed by atoms with Crippen molar-refractivity contribution in [3.05, 3.63) is 77.6 Å². The number of aromatic nitrogens is 1. The number of nitrogens with zero attached hydrogens (tertiary/aromatic N) is 2. The molecule has 0 atom stereocenters. The fourth-order valence-electron chi connectivity index (χ4n) is 3.47. The number of amides is 1. The summed E-state index contributed by atoms with van der Waals surface area (Å²) < 4.78 is 0. The van der Waals surface area contributed by atoms with Crippen molar-refractivity contribution >= 4 is 16.7 Å². The van der Waals surface area contributed by atoms with Gasteiger partial charge in [0.25, 0.3) is 0 Å². The first-order valence-electron chi connectivity index (χ1n) is 9.25. The van der Waals surface area contributed by atoms with Crippen molar-refractivity contribution in [3.8, 4) is 0 Å². The van der Waals surface area contributed by atoms with Crippen LogP contribution in [0.1, 0.15) is 30.5 Å². The van der Waals surface area contributed by atoms with Gasteiger partial charge in [-0.3, -0.25) is 9.78 Å². The molecule has 4 heteroatoms. The second-order valence-corrected chi connectivity index (χ2v) is 7.80. The van der Waals surface area contributed by atoms with Crippen LogP contribution in [-0.2, 0) is 24.3 Å². The van der Waals surface area contributed by atoms with Gasteiger partial charge in [-0.25, -0.2) is 0 Å². The lowest BCUT2D eigenvalue weighted by Gasteiger charge is -2.29. The molecule has 0 spiro atoms. The Kier molecular flexibility index (Phi) is 5.57. The van der Waals surface area contributed by atoms with E-state index in [0.29, 0.717) is 19.5 Å². The number of nitrogens with two attached hydrogens (primary N) is 1. The van der Waals surface area contributed by atoms with E-state index in [4.69, 9.17) is 5.73 Å². The molecule has 0 saturated heterocycles. The highest BCUT2D eigenvalue weighted by atomic mass is 16.2. The van der Waals surface area contributed by atoms with Gasteiger partial charge in [-0.2, -0.15) is 0 Å². The van der Waals surface area contributed by atoms with E-state index in [1.807, 2.05) is 50.2 Å². The summed E-state index contributed by atoms with van der Waals surface area (Å²) in [5.74, 6) is 0.139. The van der Waals surface area contributed by atoms with Crippen molar-refractivity contribution < 1.29 is 4.79 Å². The zero-order valence-electron chi connectivity index (χ0n) is 16.3. The van der Waals surface area contributed by atoms with Crippen LogP contribution in [0.2, 0.25) is 0 Å². The van der Waals surface area contributed by atoms with Crippen molar-refractivity contribution in [1.29, 1.82) is 0 Å². The Balaban J connectivity index is 1.70. The summed E-state index contributed by atoms with van der Waals surface area (Å²) in [4.78, 5) is 19.0. The molecule has 4 nitrogen and oxygen atoms in total. The minimum absolute atomic E-state index is 0.139. The zero-order chi connectivity index (χ0) is 19.4. The van der Waals surface area contributed by atoms with Crippen LogP contribution < -0.4 is 5.73 Å². The Labute approximate surface area is 161 Å². The smallest absolute Gasteiger partial charge is 0.228 e. The molecular formula is C23H27N3O. The van der Waals surface area contributed by atoms with Crippen molar-refractivity contribution in [3.63, 3.8) is 0 Å². The van der Waals surface area contributed by atoms with Crippen LogP contribution in [0.15, 0.2) is 60.9 Å². The van der Waals surface area contributed by atoms with E-state index in [1.165, 1.54) is 0 Å². The van der Waals surface area contributed by atoms with E-state index in [9.17, 15) is 4.79 Å². The number of pyridine rings is 1. The Morgan fingerprint density at radius 3 is 2.37 bits per heavy atom. The van der Waals surface area contributed by atoms with Gasteiger partial charge in [-0.1, -0.05) is 50.2 Å². The molecule has 1 aromatic heterocycles. The summed E-state index contributed by atoms with van der Waals surface area (Å²) in [6.07, 6.45) is 4.34. The van der Waals surface area contributed by atoms with E-state index in [2.05, 4.69) is 35.3 Å². The van der Waals surface area contributed by atoms with E-state index in [1.54, 1.807) is 6.20 Å². The molecule has 0 bridgehead atoms. The van der Waals surface area contributed by atoms with Crippen molar-refractivity contribution in [2.24, 2.45) is 11.1 Å². The normalized spacial score (nSPS) is 11.6. The molecule has 1 heterocycles. The summed E-state index contributed by atoms with van der Waals surface area (Å²) >= 11 is 0. The maximum Gasteiger partial charge on any atom is 0.228 e. The molecule has 3 rings (SSSR count). The molecule has 0 fully saturated rings. The molecule has 140 valence electrons. The summed E-state index contributed by atoms with van der Waals surface area (Å²) in [6, 6.07) is 16.4. The maximum absolute atomic E-state index is 13.1. The van der Waals surface area contributed by atoms with Crippen LogP contribution in [0.4, 0.5) is 0 Å². The van der Waals surface area contributed by atoms with Gasteiger partial charge in [0, 0.05) is 43.3 Å². The predicted molar refractivity (Wildman–Crippen MR) is 110 cm³/mol. The van der Waals surface area contributed by atoms with Crippen molar-refractivity contribution in [2.45, 2.75) is 33.4 Å². The first kappa shape index (κ1) is 19.1. The molecule has 27 heavy (non-hydrogen) atoms. The van der Waals surface area contributed by atoms with Crippen LogP contribution in [0, 0.1) is 5.41 Å². The van der Waals surface area contributed by atoms with Gasteiger partial charge in [0.2, 0.25) is 5.91 Å². The monoisotopic (exact) mass is 361 g/mol. The lowest BCUT2D eigenvalue weighted by atomic mass is 9.84. The van der Waals surface area contributed by atoms with Gasteiger partial charge < -0.3 is 10.6 Å². The SMILES string of the molecule is CN(Cc1ccc2cnccc2c1)C(=O)C(C)(C)Cc1ccc(CN)cc1. The Bertz CT molecular complexity index is 932. The molecule has 0 unspecified atom stereocenters. The Hall–Kier alpha value is -2.72. The minimum atomic E-state index is -0.472. The number of fused-ring (bicyclic) bond motifs is 1. The lowest BCUT2D eigenvalue weighted by Crippen LogP contribution is -2.39. The highest BCUT2D eigenvalue weighted by Crippen LogP contribution is 2.26. The quantitative estimate of drug-likeness (QED) is 0.724. The number of hydrogen-bond acceptors (Lipinski definition) is 3. The summed E-state index contributed by atoms with van der Waals surface area (Å²) in [5, 5.41) is 2.25. The summed E-state index contributed by atoms with van der Waals surface area (Å²) in [5.41, 5.74) is 8.56. The topological polar surface area (TPSA) is 59.2 Å². The second kappa shape index (κ2) is 7.89. The second-order valence-electron chi connectivity index (χ2n) is 7.80. The number of rotatable bonds is 6. The van der Waals surface area contributed by atoms with Crippen LogP contribution in [0.5, 0.6) is 0 Å². The molecule has 0 aliphatic heterocycles. The molecule has 0 radical (unpaired) electrons. The third-order valence-electron chi connectivity index (χ3n) is 4.96. The first-order chi connectivity index (χ1) is 12.9. The van der Waals surface area contributed by atoms with Crippen LogP contribution >= 0.6 is 0 Å². The third kappa shape index (κ3) is 4.52. The van der Waals surface area contributed by atoms with E-state index in [-0.39, 0.29) is 5.91 Å². The number of carbonyl (C=O) groups is 1. The van der Waals surface area contributed by atoms with Gasteiger partial charge in [0.05, 0.1) is 0 Å². The first-order valence-corrected chi connectivity index (χ1v) is 9.25. The van der Waals surface area contributed by atoms with Gasteiger partial charge in [-0.15, -0.1) is 0 Å². The molecule has 2 aromatic carbocycles. The zero-order valence-corrected chi connectivity index (χ0v) is 16.3. The number of hydrogen-bond donors (Lipinski definition) is 1. The van der Waals surface area contributed by atoms with Gasteiger partial charge in [0.15, 0.2) is 0 Å². The largest absolute Gasteiger partial charge is 0.341 e. The fourth-order valence-corrected chi connectivity index (χ4v) is 3.47. The maximum atomic E-state index is 13.1. The van der Waals surface area contributed by atoms with E-state index < -0.39 is 5.41 Å². The molecular weight excluding hydrogens is 334 g/mol. The van der Waals surface area contributed by atoms with Crippen LogP contribution in [0.25, 0.3) is 10.8 Å². The molecule has 0 aliphatic rings. The Morgan fingerprint density at radius 1 is 1.00 bits per heavy atom. The van der Waals surface area contributed by atoms with E-state index >= 15 is 0 Å². The van der Waals surface area contributed by atoms with Crippen LogP contribution in [-0.4, -0.2) is 22.8 Å². The van der Waals surface area contributed by atoms with Gasteiger partial charge in [-0.05, 0) is 40.6 Å². The van der Waals surface area contributed by atoms with Crippen molar-refractivity contribution in [1.82, 2.24) is 9.88 Å². The third-order valence-corrected chi connectivity index (χ3v) is 4.96. The summed E-state index contributed by atoms with van der Waals surface area (Å²) in [7, 11) is 1.87. The summed E-state index contributed by atoms with van der Waals surface area (Å²) in [6.45, 7) is 5.14. The molecule has 2 N–H and O–H groups in total. The van der Waals surface area contributed by atoms with Crippen LogP contribution in [0.3, 0.4) is 0 Å². The molecule has 3 aromatic rings. The standard InChI is InChI=1S/C23H27N3O/c1-23(2,13-17-4-6-18(14-24)7-5-17)22(27)26(3)16-19-8-9-21-15-25-11-10-20(21)12-19/h4-12,15H,13-14,16,24H2,1-3H3. The Morgan fingerprint density at radius 2 is 1.67 bits per heavy atom. The van der Waals surface area contributed by atoms with Crippen molar-refractivity contribution in [2.75, 3.05) is 7.05 Å². The number of benzene rings is 2. The van der Waals surface area contributed by atoms with E-state index in [0.717, 1.165) is 27.5 Å². The number of carbonyl (C=O) groups excluding carboxylic acids is 1. The highest BCUT2D eigenvalue weighted by molar-refractivity contribution is 5.83.